The van der Waals surface area contributed by atoms with Crippen molar-refractivity contribution in [2.45, 2.75) is 58.3 Å². The van der Waals surface area contributed by atoms with Crippen LogP contribution in [0.5, 0.6) is 0 Å². The Morgan fingerprint density at radius 3 is 1.70 bits per heavy atom. The first-order valence-corrected chi connectivity index (χ1v) is 11.2. The SMILES string of the molecule is C=C(c1cc2c(cc1C)C(C)(C)CCC2(C)C)c1c(Cl)c(Cl)c(C(=O)O)c(Cl)c1Cl. The van der Waals surface area contributed by atoms with E-state index < -0.39 is 5.97 Å². The number of benzene rings is 2. The van der Waals surface area contributed by atoms with E-state index in [-0.39, 0.29) is 36.5 Å². The first-order chi connectivity index (χ1) is 13.7. The first-order valence-electron chi connectivity index (χ1n) is 9.65. The van der Waals surface area contributed by atoms with Crippen molar-refractivity contribution in [3.63, 3.8) is 0 Å². The Balaban J connectivity index is 2.27. The summed E-state index contributed by atoms with van der Waals surface area (Å²) < 4.78 is 0. The molecule has 0 atom stereocenters. The normalized spacial score (nSPS) is 16.8. The van der Waals surface area contributed by atoms with Crippen molar-refractivity contribution >= 4 is 57.9 Å². The molecule has 6 heteroatoms. The lowest BCUT2D eigenvalue weighted by molar-refractivity contribution is 0.0697. The number of rotatable bonds is 3. The molecule has 2 aromatic rings. The molecule has 0 spiro atoms. The summed E-state index contributed by atoms with van der Waals surface area (Å²) in [5, 5.41) is 9.19. The second-order valence-corrected chi connectivity index (χ2v) is 10.8. The average molecular weight is 486 g/mol. The zero-order valence-corrected chi connectivity index (χ0v) is 20.7. The molecular formula is C24H24Cl4O2. The fraction of sp³-hybridized carbons (Fsp3) is 0.375. The molecule has 0 radical (unpaired) electrons. The average Bonchev–Trinajstić information content (AvgIpc) is 2.63. The van der Waals surface area contributed by atoms with Gasteiger partial charge in [-0.05, 0) is 58.4 Å². The molecule has 0 heterocycles. The highest BCUT2D eigenvalue weighted by Gasteiger charge is 2.38. The predicted octanol–water partition coefficient (Wildman–Crippen LogP) is 8.72. The molecule has 0 amide bonds. The van der Waals surface area contributed by atoms with Crippen LogP contribution in [0.2, 0.25) is 20.1 Å². The summed E-state index contributed by atoms with van der Waals surface area (Å²) in [6.45, 7) is 15.3. The van der Waals surface area contributed by atoms with Crippen LogP contribution in [-0.4, -0.2) is 11.1 Å². The van der Waals surface area contributed by atoms with Gasteiger partial charge in [-0.1, -0.05) is 92.8 Å². The lowest BCUT2D eigenvalue weighted by Gasteiger charge is -2.42. The van der Waals surface area contributed by atoms with Crippen molar-refractivity contribution in [2.75, 3.05) is 0 Å². The van der Waals surface area contributed by atoms with Gasteiger partial charge >= 0.3 is 5.97 Å². The molecular weight excluding hydrogens is 462 g/mol. The van der Waals surface area contributed by atoms with Gasteiger partial charge < -0.3 is 5.11 Å². The van der Waals surface area contributed by atoms with Crippen LogP contribution in [0, 0.1) is 6.92 Å². The second kappa shape index (κ2) is 7.74. The monoisotopic (exact) mass is 484 g/mol. The molecule has 0 aliphatic heterocycles. The maximum absolute atomic E-state index is 11.5. The third-order valence-electron chi connectivity index (χ3n) is 6.30. The van der Waals surface area contributed by atoms with E-state index in [1.54, 1.807) is 0 Å². The van der Waals surface area contributed by atoms with E-state index in [4.69, 9.17) is 46.4 Å². The van der Waals surface area contributed by atoms with Gasteiger partial charge in [-0.3, -0.25) is 0 Å². The molecule has 3 rings (SSSR count). The zero-order valence-electron chi connectivity index (χ0n) is 17.6. The number of fused-ring (bicyclic) bond motifs is 1. The van der Waals surface area contributed by atoms with E-state index in [1.807, 2.05) is 6.92 Å². The summed E-state index contributed by atoms with van der Waals surface area (Å²) in [5.74, 6) is -1.29. The van der Waals surface area contributed by atoms with E-state index in [0.29, 0.717) is 11.1 Å². The van der Waals surface area contributed by atoms with Crippen molar-refractivity contribution in [3.8, 4) is 0 Å². The van der Waals surface area contributed by atoms with Crippen LogP contribution in [0.4, 0.5) is 0 Å². The van der Waals surface area contributed by atoms with Crippen LogP contribution in [0.25, 0.3) is 5.57 Å². The number of aromatic carboxylic acids is 1. The molecule has 0 aromatic heterocycles. The predicted molar refractivity (Wildman–Crippen MR) is 128 cm³/mol. The smallest absolute Gasteiger partial charge is 0.338 e. The largest absolute Gasteiger partial charge is 0.478 e. The molecule has 160 valence electrons. The molecule has 1 aliphatic rings. The zero-order chi connectivity index (χ0) is 22.8. The molecule has 0 fully saturated rings. The van der Waals surface area contributed by atoms with Crippen molar-refractivity contribution in [1.29, 1.82) is 0 Å². The summed E-state index contributed by atoms with van der Waals surface area (Å²) in [6, 6.07) is 4.38. The maximum Gasteiger partial charge on any atom is 0.338 e. The van der Waals surface area contributed by atoms with Crippen LogP contribution >= 0.6 is 46.4 Å². The highest BCUT2D eigenvalue weighted by Crippen LogP contribution is 2.49. The van der Waals surface area contributed by atoms with E-state index >= 15 is 0 Å². The number of carbonyl (C=O) groups is 1. The van der Waals surface area contributed by atoms with Crippen LogP contribution in [-0.2, 0) is 10.8 Å². The summed E-state index contributed by atoms with van der Waals surface area (Å²) in [4.78, 5) is 11.5. The van der Waals surface area contributed by atoms with E-state index in [9.17, 15) is 9.90 Å². The number of hydrogen-bond donors (Lipinski definition) is 1. The topological polar surface area (TPSA) is 37.3 Å². The van der Waals surface area contributed by atoms with Crippen molar-refractivity contribution < 1.29 is 9.90 Å². The Bertz CT molecular complexity index is 1070. The molecule has 0 saturated carbocycles. The van der Waals surface area contributed by atoms with Crippen molar-refractivity contribution in [1.82, 2.24) is 0 Å². The number of aryl methyl sites for hydroxylation is 1. The minimum Gasteiger partial charge on any atom is -0.478 e. The van der Waals surface area contributed by atoms with E-state index in [1.165, 1.54) is 11.1 Å². The van der Waals surface area contributed by atoms with Crippen molar-refractivity contribution in [2.24, 2.45) is 0 Å². The summed E-state index contributed by atoms with van der Waals surface area (Å²) in [6.07, 6.45) is 2.20. The quantitative estimate of drug-likeness (QED) is 0.441. The molecule has 30 heavy (non-hydrogen) atoms. The maximum atomic E-state index is 11.5. The molecule has 1 N–H and O–H groups in total. The Morgan fingerprint density at radius 2 is 1.27 bits per heavy atom. The number of hydrogen-bond acceptors (Lipinski definition) is 1. The molecule has 2 nitrogen and oxygen atoms in total. The van der Waals surface area contributed by atoms with Crippen LogP contribution in [0.3, 0.4) is 0 Å². The Morgan fingerprint density at radius 1 is 0.867 bits per heavy atom. The Hall–Kier alpha value is -1.19. The molecule has 0 saturated heterocycles. The van der Waals surface area contributed by atoms with Gasteiger partial charge in [-0.2, -0.15) is 0 Å². The third-order valence-corrected chi connectivity index (χ3v) is 8.01. The number of carboxylic acids is 1. The van der Waals surface area contributed by atoms with Gasteiger partial charge in [0.15, 0.2) is 0 Å². The minimum atomic E-state index is -1.29. The summed E-state index contributed by atoms with van der Waals surface area (Å²) >= 11 is 25.4. The number of halogens is 4. The molecule has 2 aromatic carbocycles. The standard InChI is InChI=1S/C24H24Cl4O2/c1-11-9-14-15(24(5,6)8-7-23(14,3)4)10-13(11)12(2)16-18(25)20(27)17(22(29)30)21(28)19(16)26/h9-10H,2,7-8H2,1,3-6H3,(H,29,30). The number of carboxylic acid groups (broad SMARTS) is 1. The Kier molecular flexibility index (Phi) is 6.06. The highest BCUT2D eigenvalue weighted by molar-refractivity contribution is 6.51. The molecule has 1 aliphatic carbocycles. The second-order valence-electron chi connectivity index (χ2n) is 9.27. The summed E-state index contributed by atoms with van der Waals surface area (Å²) in [7, 11) is 0. The fourth-order valence-corrected chi connectivity index (χ4v) is 5.51. The van der Waals surface area contributed by atoms with Gasteiger partial charge in [0.1, 0.15) is 0 Å². The van der Waals surface area contributed by atoms with Crippen molar-refractivity contribution in [3.05, 3.63) is 72.2 Å². The van der Waals surface area contributed by atoms with Gasteiger partial charge in [-0.15, -0.1) is 0 Å². The third kappa shape index (κ3) is 3.66. The van der Waals surface area contributed by atoms with Crippen LogP contribution < -0.4 is 0 Å². The van der Waals surface area contributed by atoms with Gasteiger partial charge in [0.2, 0.25) is 0 Å². The fourth-order valence-electron chi connectivity index (χ4n) is 4.27. The van der Waals surface area contributed by atoms with Gasteiger partial charge in [0.05, 0.1) is 25.7 Å². The van der Waals surface area contributed by atoms with Crippen LogP contribution in [0.1, 0.15) is 78.7 Å². The lowest BCUT2D eigenvalue weighted by Crippen LogP contribution is -2.34. The summed E-state index contributed by atoms with van der Waals surface area (Å²) in [5.41, 5.74) is 5.23. The van der Waals surface area contributed by atoms with Gasteiger partial charge in [0.25, 0.3) is 0 Å². The van der Waals surface area contributed by atoms with E-state index in [2.05, 4.69) is 46.4 Å². The first kappa shape index (κ1) is 23.5. The highest BCUT2D eigenvalue weighted by atomic mass is 35.5. The Labute approximate surface area is 197 Å². The molecule has 0 unspecified atom stereocenters. The van der Waals surface area contributed by atoms with Gasteiger partial charge in [-0.25, -0.2) is 4.79 Å². The van der Waals surface area contributed by atoms with E-state index in [0.717, 1.165) is 24.0 Å². The lowest BCUT2D eigenvalue weighted by atomic mass is 9.62. The van der Waals surface area contributed by atoms with Crippen LogP contribution in [0.15, 0.2) is 18.7 Å². The minimum absolute atomic E-state index is 0.0175. The van der Waals surface area contributed by atoms with Gasteiger partial charge in [0, 0.05) is 5.56 Å². The molecule has 0 bridgehead atoms.